The number of ether oxygens (including phenoxy) is 1. The molecule has 4 aromatic rings. The number of carbonyl (C=O) groups excluding carboxylic acids is 1. The number of phenols is 4. The number of aromatic hydroxyl groups is 4. The third-order valence-electron chi connectivity index (χ3n) is 7.81. The minimum absolute atomic E-state index is 0.000278. The summed E-state index contributed by atoms with van der Waals surface area (Å²) in [6.07, 6.45) is 0.158. The number of benzene rings is 4. The van der Waals surface area contributed by atoms with Crippen LogP contribution in [0, 0.1) is 0 Å². The van der Waals surface area contributed by atoms with Crippen LogP contribution in [0.25, 0.3) is 0 Å². The van der Waals surface area contributed by atoms with Crippen molar-refractivity contribution in [2.24, 2.45) is 0 Å². The Morgan fingerprint density at radius 2 is 0.941 bits per heavy atom. The Bertz CT molecular complexity index is 1700. The SMILES string of the molecule is CC(C)(C)c1cc(CO)cc(C(C)(C)C)c1O.CC(C)(C)c1cc(COC(=O)Cc2ccc(O)cc2)ccc1O.O=C(O)Cc1ccc(O)cc1. The number of carboxylic acid groups (broad SMARTS) is 1. The van der Waals surface area contributed by atoms with Crippen molar-refractivity contribution in [3.63, 3.8) is 0 Å². The predicted octanol–water partition coefficient (Wildman–Crippen LogP) is 8.18. The van der Waals surface area contributed by atoms with E-state index in [9.17, 15) is 30.0 Å². The molecule has 0 aliphatic carbocycles. The fourth-order valence-corrected chi connectivity index (χ4v) is 4.99. The Kier molecular flexibility index (Phi) is 14.7. The number of hydrogen-bond donors (Lipinski definition) is 6. The van der Waals surface area contributed by atoms with Crippen molar-refractivity contribution in [1.82, 2.24) is 0 Å². The van der Waals surface area contributed by atoms with E-state index >= 15 is 0 Å². The first-order valence-electron chi connectivity index (χ1n) is 16.7. The minimum Gasteiger partial charge on any atom is -0.508 e. The molecule has 0 saturated carbocycles. The summed E-state index contributed by atoms with van der Waals surface area (Å²) in [6.45, 7) is 18.6. The molecule has 0 saturated heterocycles. The molecule has 0 spiro atoms. The Balaban J connectivity index is 0.000000283. The minimum atomic E-state index is -0.865. The van der Waals surface area contributed by atoms with Crippen LogP contribution in [0.4, 0.5) is 0 Å². The molecule has 0 aromatic heterocycles. The smallest absolute Gasteiger partial charge is 0.310 e. The fourth-order valence-electron chi connectivity index (χ4n) is 4.99. The van der Waals surface area contributed by atoms with Crippen LogP contribution < -0.4 is 0 Å². The largest absolute Gasteiger partial charge is 0.508 e. The van der Waals surface area contributed by atoms with Gasteiger partial charge in [0, 0.05) is 0 Å². The molecule has 6 N–H and O–H groups in total. The summed E-state index contributed by atoms with van der Waals surface area (Å²) in [4.78, 5) is 22.1. The molecule has 9 heteroatoms. The van der Waals surface area contributed by atoms with E-state index in [2.05, 4.69) is 41.5 Å². The molecule has 276 valence electrons. The highest BCUT2D eigenvalue weighted by Gasteiger charge is 2.26. The van der Waals surface area contributed by atoms with Crippen molar-refractivity contribution in [3.8, 4) is 23.0 Å². The summed E-state index contributed by atoms with van der Waals surface area (Å²) in [5.74, 6) is -0.268. The van der Waals surface area contributed by atoms with Crippen LogP contribution in [0.3, 0.4) is 0 Å². The van der Waals surface area contributed by atoms with Gasteiger partial charge in [0.05, 0.1) is 19.4 Å². The van der Waals surface area contributed by atoms with Crippen molar-refractivity contribution in [2.75, 3.05) is 0 Å². The average Bonchev–Trinajstić information content (AvgIpc) is 3.02. The lowest BCUT2D eigenvalue weighted by Crippen LogP contribution is -2.17. The molecule has 4 aromatic carbocycles. The van der Waals surface area contributed by atoms with E-state index in [0.717, 1.165) is 33.4 Å². The van der Waals surface area contributed by atoms with Crippen LogP contribution in [0.15, 0.2) is 78.9 Å². The van der Waals surface area contributed by atoms with Gasteiger partial charge in [-0.2, -0.15) is 0 Å². The molecule has 0 fully saturated rings. The van der Waals surface area contributed by atoms with Crippen molar-refractivity contribution in [1.29, 1.82) is 0 Å². The van der Waals surface area contributed by atoms with E-state index in [4.69, 9.17) is 14.9 Å². The van der Waals surface area contributed by atoms with Gasteiger partial charge in [-0.15, -0.1) is 0 Å². The number of hydrogen-bond acceptors (Lipinski definition) is 8. The molecule has 0 heterocycles. The van der Waals surface area contributed by atoms with Gasteiger partial charge in [0.25, 0.3) is 0 Å². The molecular weight excluding hydrogens is 648 g/mol. The molecule has 0 aliphatic rings. The maximum absolute atomic E-state index is 11.9. The third kappa shape index (κ3) is 14.0. The van der Waals surface area contributed by atoms with Crippen LogP contribution in [-0.2, 0) is 56.6 Å². The van der Waals surface area contributed by atoms with Crippen molar-refractivity contribution in [2.45, 2.75) is 105 Å². The lowest BCUT2D eigenvalue weighted by molar-refractivity contribution is -0.144. The maximum atomic E-state index is 11.9. The summed E-state index contributed by atoms with van der Waals surface area (Å²) in [5, 5.41) is 56.1. The molecule has 51 heavy (non-hydrogen) atoms. The number of aliphatic carboxylic acids is 1. The molecular formula is C42H54O9. The first kappa shape index (κ1) is 42.1. The van der Waals surface area contributed by atoms with Gasteiger partial charge in [0.1, 0.15) is 29.6 Å². The Labute approximate surface area is 301 Å². The van der Waals surface area contributed by atoms with Gasteiger partial charge in [-0.25, -0.2) is 0 Å². The van der Waals surface area contributed by atoms with Crippen LogP contribution in [-0.4, -0.2) is 42.6 Å². The Hall–Kier alpha value is -5.02. The highest BCUT2D eigenvalue weighted by molar-refractivity contribution is 5.72. The summed E-state index contributed by atoms with van der Waals surface area (Å²) in [5.41, 5.74) is 5.35. The van der Waals surface area contributed by atoms with E-state index < -0.39 is 5.97 Å². The van der Waals surface area contributed by atoms with E-state index in [1.165, 1.54) is 24.3 Å². The standard InChI is InChI=1S/C19H22O4.C15H24O2.C8H8O3/c1-19(2,3)16-10-14(6-9-17(16)21)12-23-18(22)11-13-4-7-15(20)8-5-13;1-14(2,3)11-7-10(9-16)8-12(13(11)17)15(4,5)6;9-7-3-1-6(2-4-7)5-8(10)11/h4-10,20-21H,11-12H2,1-3H3;7-8,16-17H,9H2,1-6H3;1-4,9H,5H2,(H,10,11). The Morgan fingerprint density at radius 1 is 0.549 bits per heavy atom. The summed E-state index contributed by atoms with van der Waals surface area (Å²) < 4.78 is 5.29. The summed E-state index contributed by atoms with van der Waals surface area (Å²) in [7, 11) is 0. The molecule has 9 nitrogen and oxygen atoms in total. The summed E-state index contributed by atoms with van der Waals surface area (Å²) in [6, 6.07) is 21.6. The van der Waals surface area contributed by atoms with Crippen molar-refractivity contribution < 1.29 is 45.0 Å². The number of rotatable bonds is 7. The summed E-state index contributed by atoms with van der Waals surface area (Å²) >= 11 is 0. The molecule has 4 rings (SSSR count). The van der Waals surface area contributed by atoms with Gasteiger partial charge < -0.3 is 35.4 Å². The molecule has 0 bridgehead atoms. The van der Waals surface area contributed by atoms with Gasteiger partial charge in [0.2, 0.25) is 0 Å². The molecule has 0 aliphatic heterocycles. The Morgan fingerprint density at radius 3 is 1.33 bits per heavy atom. The van der Waals surface area contributed by atoms with Crippen molar-refractivity contribution >= 4 is 11.9 Å². The van der Waals surface area contributed by atoms with Crippen molar-refractivity contribution in [3.05, 3.63) is 118 Å². The van der Waals surface area contributed by atoms with Crippen LogP contribution >= 0.6 is 0 Å². The number of carbonyl (C=O) groups is 2. The second-order valence-electron chi connectivity index (χ2n) is 15.5. The van der Waals surface area contributed by atoms with E-state index in [1.807, 2.05) is 39.0 Å². The average molecular weight is 703 g/mol. The monoisotopic (exact) mass is 702 g/mol. The zero-order chi connectivity index (χ0) is 38.7. The van der Waals surface area contributed by atoms with E-state index in [-0.39, 0.29) is 65.5 Å². The predicted molar refractivity (Wildman–Crippen MR) is 199 cm³/mol. The fraction of sp³-hybridized carbons (Fsp3) is 0.381. The van der Waals surface area contributed by atoms with Gasteiger partial charge in [0.15, 0.2) is 0 Å². The zero-order valence-electron chi connectivity index (χ0n) is 31.2. The lowest BCUT2D eigenvalue weighted by Gasteiger charge is -2.28. The normalized spacial score (nSPS) is 11.4. The lowest BCUT2D eigenvalue weighted by atomic mass is 9.78. The quantitative estimate of drug-likeness (QED) is 0.104. The number of phenolic OH excluding ortho intramolecular Hbond substituents is 4. The molecule has 0 atom stereocenters. The van der Waals surface area contributed by atoms with Gasteiger partial charge in [-0.1, -0.05) is 92.6 Å². The first-order chi connectivity index (χ1) is 23.5. The number of aliphatic hydroxyl groups excluding tert-OH is 1. The van der Waals surface area contributed by atoms with Crippen LogP contribution in [0.5, 0.6) is 23.0 Å². The number of carboxylic acids is 1. The zero-order valence-corrected chi connectivity index (χ0v) is 31.2. The number of aliphatic hydroxyl groups is 1. The van der Waals surface area contributed by atoms with E-state index in [0.29, 0.717) is 11.3 Å². The first-order valence-corrected chi connectivity index (χ1v) is 16.7. The third-order valence-corrected chi connectivity index (χ3v) is 7.81. The van der Waals surface area contributed by atoms with Crippen LogP contribution in [0.1, 0.15) is 101 Å². The number of esters is 1. The molecule has 0 amide bonds. The van der Waals surface area contributed by atoms with Gasteiger partial charge in [-0.05, 0) is 104 Å². The topological polar surface area (TPSA) is 165 Å². The van der Waals surface area contributed by atoms with Crippen LogP contribution in [0.2, 0.25) is 0 Å². The molecule has 0 unspecified atom stereocenters. The second kappa shape index (κ2) is 17.8. The highest BCUT2D eigenvalue weighted by atomic mass is 16.5. The maximum Gasteiger partial charge on any atom is 0.310 e. The van der Waals surface area contributed by atoms with Gasteiger partial charge >= 0.3 is 11.9 Å². The highest BCUT2D eigenvalue weighted by Crippen LogP contribution is 2.39. The van der Waals surface area contributed by atoms with Gasteiger partial charge in [-0.3, -0.25) is 9.59 Å². The van der Waals surface area contributed by atoms with E-state index in [1.54, 1.807) is 36.4 Å². The molecule has 0 radical (unpaired) electrons. The second-order valence-corrected chi connectivity index (χ2v) is 15.5.